The van der Waals surface area contributed by atoms with Crippen LogP contribution in [0.4, 0.5) is 18.0 Å². The lowest BCUT2D eigenvalue weighted by molar-refractivity contribution is -0.137. The molecule has 10 heteroatoms. The van der Waals surface area contributed by atoms with Crippen LogP contribution in [0.15, 0.2) is 35.7 Å². The predicted molar refractivity (Wildman–Crippen MR) is 124 cm³/mol. The van der Waals surface area contributed by atoms with Crippen molar-refractivity contribution in [1.82, 2.24) is 4.90 Å². The quantitative estimate of drug-likeness (QED) is 0.272. The summed E-state index contributed by atoms with van der Waals surface area (Å²) in [6, 6.07) is 3.28. The number of carbonyl (C=O) groups excluding carboxylic acids is 1. The van der Waals surface area contributed by atoms with Crippen LogP contribution in [0.5, 0.6) is 5.75 Å². The van der Waals surface area contributed by atoms with Crippen LogP contribution in [-0.4, -0.2) is 50.3 Å². The van der Waals surface area contributed by atoms with Gasteiger partial charge in [-0.3, -0.25) is 0 Å². The Morgan fingerprint density at radius 1 is 1.18 bits per heavy atom. The van der Waals surface area contributed by atoms with E-state index < -0.39 is 25.7 Å². The summed E-state index contributed by atoms with van der Waals surface area (Å²) >= 11 is 0. The number of amides is 1. The molecule has 0 aromatic heterocycles. The number of piperidine rings is 1. The maximum atomic E-state index is 13.2. The van der Waals surface area contributed by atoms with Crippen molar-refractivity contribution < 1.29 is 31.9 Å². The number of carbonyl (C=O) groups is 1. The van der Waals surface area contributed by atoms with E-state index in [1.165, 1.54) is 12.3 Å². The fraction of sp³-hybridized carbons (Fsp3) is 0.565. The lowest BCUT2D eigenvalue weighted by Crippen LogP contribution is -2.44. The van der Waals surface area contributed by atoms with Gasteiger partial charge in [0.05, 0.1) is 5.56 Å². The summed E-state index contributed by atoms with van der Waals surface area (Å²) in [5.41, 5.74) is -1.20. The highest BCUT2D eigenvalue weighted by atomic mass is 28.4. The molecule has 184 valence electrons. The standard InChI is InChI=1S/C23H33F3N2O4Si/c1-16(32-33(5,6)7)27-15-17-14-18(23(24,25)26)8-9-20(17)30-19-10-12-28(13-11-19)21(29)31-22(2,3)4/h8-9,14-15,19H,1,10-13H2,2-7H3. The SMILES string of the molecule is C=C(N=Cc1cc(C(F)(F)F)ccc1OC1CCN(C(=O)OC(C)(C)C)CC1)O[Si](C)(C)C. The van der Waals surface area contributed by atoms with Crippen LogP contribution in [-0.2, 0) is 15.3 Å². The minimum atomic E-state index is -4.49. The van der Waals surface area contributed by atoms with Crippen LogP contribution in [0.1, 0.15) is 44.7 Å². The molecule has 0 atom stereocenters. The number of ether oxygens (including phenoxy) is 2. The fourth-order valence-electron chi connectivity index (χ4n) is 3.12. The third-order valence-corrected chi connectivity index (χ3v) is 5.34. The summed E-state index contributed by atoms with van der Waals surface area (Å²) in [6.07, 6.45) is -2.79. The number of hydrogen-bond donors (Lipinski definition) is 0. The second-order valence-electron chi connectivity index (χ2n) is 9.90. The molecule has 1 aromatic rings. The van der Waals surface area contributed by atoms with Crippen molar-refractivity contribution in [2.75, 3.05) is 13.1 Å². The molecule has 0 saturated carbocycles. The van der Waals surface area contributed by atoms with Crippen molar-refractivity contribution in [3.63, 3.8) is 0 Å². The summed E-state index contributed by atoms with van der Waals surface area (Å²) in [7, 11) is -1.95. The fourth-order valence-corrected chi connectivity index (χ4v) is 3.88. The van der Waals surface area contributed by atoms with E-state index >= 15 is 0 Å². The number of halogens is 3. The van der Waals surface area contributed by atoms with Gasteiger partial charge in [-0.25, -0.2) is 9.79 Å². The molecule has 1 heterocycles. The molecule has 1 fully saturated rings. The molecule has 6 nitrogen and oxygen atoms in total. The molecular formula is C23H33F3N2O4Si. The van der Waals surface area contributed by atoms with E-state index in [0.29, 0.717) is 25.9 Å². The molecular weight excluding hydrogens is 453 g/mol. The van der Waals surface area contributed by atoms with Gasteiger partial charge in [-0.1, -0.05) is 0 Å². The molecule has 1 aromatic carbocycles. The third kappa shape index (κ3) is 9.11. The molecule has 0 spiro atoms. The van der Waals surface area contributed by atoms with Gasteiger partial charge in [0, 0.05) is 37.7 Å². The van der Waals surface area contributed by atoms with Crippen LogP contribution >= 0.6 is 0 Å². The first kappa shape index (κ1) is 26.8. The Labute approximate surface area is 194 Å². The van der Waals surface area contributed by atoms with E-state index in [-0.39, 0.29) is 29.4 Å². The van der Waals surface area contributed by atoms with Crippen molar-refractivity contribution in [3.8, 4) is 5.75 Å². The third-order valence-electron chi connectivity index (χ3n) is 4.50. The lowest BCUT2D eigenvalue weighted by Gasteiger charge is -2.33. The Hall–Kier alpha value is -2.49. The van der Waals surface area contributed by atoms with Crippen LogP contribution in [0.2, 0.25) is 19.6 Å². The Morgan fingerprint density at radius 2 is 1.79 bits per heavy atom. The van der Waals surface area contributed by atoms with E-state index in [1.54, 1.807) is 25.7 Å². The van der Waals surface area contributed by atoms with Crippen LogP contribution in [0.25, 0.3) is 0 Å². The van der Waals surface area contributed by atoms with E-state index in [9.17, 15) is 18.0 Å². The summed E-state index contributed by atoms with van der Waals surface area (Å²) < 4.78 is 56.8. The first-order chi connectivity index (χ1) is 15.0. The van der Waals surface area contributed by atoms with Gasteiger partial charge in [-0.15, -0.1) is 0 Å². The van der Waals surface area contributed by atoms with Crippen LogP contribution < -0.4 is 4.74 Å². The topological polar surface area (TPSA) is 60.4 Å². The van der Waals surface area contributed by atoms with Crippen molar-refractivity contribution in [2.45, 2.75) is 71.1 Å². The smallest absolute Gasteiger partial charge is 0.416 e. The summed E-state index contributed by atoms with van der Waals surface area (Å²) in [5.74, 6) is 0.423. The highest BCUT2D eigenvalue weighted by Crippen LogP contribution is 2.33. The number of alkyl halides is 3. The van der Waals surface area contributed by atoms with Crippen LogP contribution in [0, 0.1) is 0 Å². The minimum Gasteiger partial charge on any atom is -0.532 e. The van der Waals surface area contributed by atoms with Gasteiger partial charge < -0.3 is 18.8 Å². The largest absolute Gasteiger partial charge is 0.532 e. The molecule has 0 bridgehead atoms. The zero-order valence-corrected chi connectivity index (χ0v) is 21.1. The highest BCUT2D eigenvalue weighted by Gasteiger charge is 2.32. The molecule has 1 aliphatic rings. The molecule has 0 aliphatic carbocycles. The van der Waals surface area contributed by atoms with Crippen molar-refractivity contribution in [3.05, 3.63) is 41.8 Å². The van der Waals surface area contributed by atoms with Gasteiger partial charge in [-0.2, -0.15) is 13.2 Å². The van der Waals surface area contributed by atoms with E-state index in [2.05, 4.69) is 11.6 Å². The van der Waals surface area contributed by atoms with Gasteiger partial charge in [0.1, 0.15) is 17.5 Å². The molecule has 0 radical (unpaired) electrons. The van der Waals surface area contributed by atoms with Crippen molar-refractivity contribution in [1.29, 1.82) is 0 Å². The summed E-state index contributed by atoms with van der Waals surface area (Å²) in [4.78, 5) is 17.9. The molecule has 1 aliphatic heterocycles. The normalized spacial score (nSPS) is 16.1. The van der Waals surface area contributed by atoms with Crippen LogP contribution in [0.3, 0.4) is 0 Å². The van der Waals surface area contributed by atoms with Gasteiger partial charge in [0.15, 0.2) is 5.88 Å². The van der Waals surface area contributed by atoms with Crippen molar-refractivity contribution >= 4 is 20.6 Å². The molecule has 1 amide bonds. The maximum Gasteiger partial charge on any atom is 0.416 e. The molecule has 0 unspecified atom stereocenters. The average molecular weight is 487 g/mol. The van der Waals surface area contributed by atoms with Gasteiger partial charge in [0.25, 0.3) is 0 Å². The predicted octanol–water partition coefficient (Wildman–Crippen LogP) is 6.23. The Bertz CT molecular complexity index is 881. The molecule has 33 heavy (non-hydrogen) atoms. The number of nitrogens with zero attached hydrogens (tertiary/aromatic N) is 2. The van der Waals surface area contributed by atoms with E-state index in [1.807, 2.05) is 19.6 Å². The van der Waals surface area contributed by atoms with Crippen molar-refractivity contribution in [2.24, 2.45) is 4.99 Å². The first-order valence-electron chi connectivity index (χ1n) is 10.8. The number of likely N-dealkylation sites (tertiary alicyclic amines) is 1. The minimum absolute atomic E-state index is 0.142. The highest BCUT2D eigenvalue weighted by molar-refractivity contribution is 6.70. The Balaban J connectivity index is 2.13. The van der Waals surface area contributed by atoms with Gasteiger partial charge >= 0.3 is 12.3 Å². The lowest BCUT2D eigenvalue weighted by atomic mass is 10.1. The first-order valence-corrected chi connectivity index (χ1v) is 14.2. The Kier molecular flexibility index (Phi) is 8.26. The summed E-state index contributed by atoms with van der Waals surface area (Å²) in [5, 5.41) is 0. The zero-order valence-electron chi connectivity index (χ0n) is 20.1. The maximum absolute atomic E-state index is 13.2. The van der Waals surface area contributed by atoms with Gasteiger partial charge in [-0.05, 0) is 65.2 Å². The number of benzene rings is 1. The number of rotatable bonds is 6. The average Bonchev–Trinajstić information content (AvgIpc) is 2.64. The molecule has 0 N–H and O–H groups in total. The zero-order chi connectivity index (χ0) is 25.0. The molecule has 1 saturated heterocycles. The second kappa shape index (κ2) is 10.2. The number of aliphatic imine (C=N–C) groups is 1. The van der Waals surface area contributed by atoms with Gasteiger partial charge in [0.2, 0.25) is 8.32 Å². The second-order valence-corrected chi connectivity index (χ2v) is 14.3. The number of hydrogen-bond acceptors (Lipinski definition) is 5. The Morgan fingerprint density at radius 3 is 2.30 bits per heavy atom. The summed E-state index contributed by atoms with van der Waals surface area (Å²) in [6.45, 7) is 15.9. The molecule has 2 rings (SSSR count). The monoisotopic (exact) mass is 486 g/mol. The van der Waals surface area contributed by atoms with E-state index in [0.717, 1.165) is 12.1 Å². The van der Waals surface area contributed by atoms with E-state index in [4.69, 9.17) is 13.9 Å².